The van der Waals surface area contributed by atoms with E-state index >= 15 is 0 Å². The average Bonchev–Trinajstić information content (AvgIpc) is 2.86. The Morgan fingerprint density at radius 3 is 2.61 bits per heavy atom. The number of amides is 1. The highest BCUT2D eigenvalue weighted by Gasteiger charge is 2.27. The van der Waals surface area contributed by atoms with Gasteiger partial charge in [0.25, 0.3) is 5.91 Å². The number of carboxylic acid groups (broad SMARTS) is 1. The Morgan fingerprint density at radius 2 is 1.86 bits per heavy atom. The van der Waals surface area contributed by atoms with E-state index in [1.54, 1.807) is 36.4 Å². The lowest BCUT2D eigenvalue weighted by Crippen LogP contribution is -2.23. The summed E-state index contributed by atoms with van der Waals surface area (Å²) in [5, 5.41) is 12.8. The van der Waals surface area contributed by atoms with Gasteiger partial charge in [-0.2, -0.15) is 0 Å². The minimum Gasteiger partial charge on any atom is -0.493 e. The number of benzene rings is 3. The van der Waals surface area contributed by atoms with Crippen LogP contribution in [0.1, 0.15) is 40.4 Å². The Bertz CT molecular complexity index is 1280. The van der Waals surface area contributed by atoms with Crippen molar-refractivity contribution >= 4 is 41.3 Å². The SMILES string of the molecule is O=C(O)OC1CCOc2cc(Oc3ccc(C(=O)NCC/C=C\c4ccccc4Cl)cc3)c(Cl)cc21. The van der Waals surface area contributed by atoms with Crippen LogP contribution in [0.4, 0.5) is 4.79 Å². The molecule has 9 heteroatoms. The van der Waals surface area contributed by atoms with Crippen LogP contribution in [-0.4, -0.2) is 30.3 Å². The number of ether oxygens (including phenoxy) is 3. The zero-order valence-electron chi connectivity index (χ0n) is 19.1. The molecule has 3 aromatic rings. The molecule has 4 rings (SSSR count). The summed E-state index contributed by atoms with van der Waals surface area (Å²) in [5.74, 6) is 1.07. The first-order chi connectivity index (χ1) is 17.4. The number of halogens is 2. The number of fused-ring (bicyclic) bond motifs is 1. The summed E-state index contributed by atoms with van der Waals surface area (Å²) in [6, 6.07) is 17.4. The average molecular weight is 528 g/mol. The summed E-state index contributed by atoms with van der Waals surface area (Å²) < 4.78 is 16.4. The van der Waals surface area contributed by atoms with E-state index in [0.29, 0.717) is 59.4 Å². The van der Waals surface area contributed by atoms with Crippen LogP contribution in [0.3, 0.4) is 0 Å². The van der Waals surface area contributed by atoms with Crippen molar-refractivity contribution in [2.75, 3.05) is 13.2 Å². The maximum Gasteiger partial charge on any atom is 0.506 e. The van der Waals surface area contributed by atoms with Crippen molar-refractivity contribution < 1.29 is 28.9 Å². The normalized spacial score (nSPS) is 14.6. The van der Waals surface area contributed by atoms with Gasteiger partial charge in [0.2, 0.25) is 0 Å². The lowest BCUT2D eigenvalue weighted by molar-refractivity contribution is 0.0326. The first-order valence-electron chi connectivity index (χ1n) is 11.2. The second-order valence-electron chi connectivity index (χ2n) is 7.92. The van der Waals surface area contributed by atoms with Crippen molar-refractivity contribution in [3.05, 3.63) is 93.5 Å². The van der Waals surface area contributed by atoms with E-state index in [9.17, 15) is 9.59 Å². The van der Waals surface area contributed by atoms with E-state index in [1.165, 1.54) is 0 Å². The fourth-order valence-electron chi connectivity index (χ4n) is 3.67. The second kappa shape index (κ2) is 11.8. The number of hydrogen-bond donors (Lipinski definition) is 2. The Morgan fingerprint density at radius 1 is 1.08 bits per heavy atom. The van der Waals surface area contributed by atoms with Crippen LogP contribution < -0.4 is 14.8 Å². The van der Waals surface area contributed by atoms with Crippen LogP contribution in [0.5, 0.6) is 17.2 Å². The first-order valence-corrected chi connectivity index (χ1v) is 12.0. The third-order valence-electron chi connectivity index (χ3n) is 5.44. The number of nitrogens with one attached hydrogen (secondary N) is 1. The van der Waals surface area contributed by atoms with Gasteiger partial charge in [-0.05, 0) is 48.4 Å². The summed E-state index contributed by atoms with van der Waals surface area (Å²) in [4.78, 5) is 23.4. The molecular weight excluding hydrogens is 505 g/mol. The van der Waals surface area contributed by atoms with E-state index in [-0.39, 0.29) is 10.9 Å². The molecule has 0 aliphatic carbocycles. The summed E-state index contributed by atoms with van der Waals surface area (Å²) in [6.45, 7) is 0.793. The first kappa shape index (κ1) is 25.4. The van der Waals surface area contributed by atoms with Crippen molar-refractivity contribution in [2.24, 2.45) is 0 Å². The summed E-state index contributed by atoms with van der Waals surface area (Å²) in [6.07, 6.45) is 2.94. The van der Waals surface area contributed by atoms with Gasteiger partial charge in [-0.15, -0.1) is 0 Å². The molecule has 1 unspecified atom stereocenters. The van der Waals surface area contributed by atoms with Gasteiger partial charge in [-0.3, -0.25) is 4.79 Å². The van der Waals surface area contributed by atoms with Crippen LogP contribution in [0.15, 0.2) is 66.7 Å². The second-order valence-corrected chi connectivity index (χ2v) is 8.74. The Hall–Kier alpha value is -3.68. The number of hydrogen-bond acceptors (Lipinski definition) is 5. The quantitative estimate of drug-likeness (QED) is 0.239. The molecule has 0 saturated heterocycles. The summed E-state index contributed by atoms with van der Waals surface area (Å²) in [5.41, 5.74) is 1.97. The molecule has 1 amide bonds. The smallest absolute Gasteiger partial charge is 0.493 e. The highest BCUT2D eigenvalue weighted by molar-refractivity contribution is 6.32. The van der Waals surface area contributed by atoms with E-state index in [4.69, 9.17) is 42.5 Å². The summed E-state index contributed by atoms with van der Waals surface area (Å²) in [7, 11) is 0. The molecule has 1 aliphatic rings. The lowest BCUT2D eigenvalue weighted by atomic mass is 10.0. The predicted octanol–water partition coefficient (Wildman–Crippen LogP) is 7.14. The van der Waals surface area contributed by atoms with Crippen molar-refractivity contribution in [3.63, 3.8) is 0 Å². The van der Waals surface area contributed by atoms with E-state index in [2.05, 4.69) is 5.32 Å². The van der Waals surface area contributed by atoms with Crippen molar-refractivity contribution in [1.82, 2.24) is 5.32 Å². The van der Waals surface area contributed by atoms with Gasteiger partial charge in [0.05, 0.1) is 11.6 Å². The molecule has 1 aliphatic heterocycles. The number of carbonyl (C=O) groups is 2. The molecule has 0 aromatic heterocycles. The molecule has 0 fully saturated rings. The summed E-state index contributed by atoms with van der Waals surface area (Å²) >= 11 is 12.5. The third-order valence-corrected chi connectivity index (χ3v) is 6.07. The van der Waals surface area contributed by atoms with Crippen molar-refractivity contribution in [2.45, 2.75) is 18.9 Å². The van der Waals surface area contributed by atoms with E-state index in [0.717, 1.165) is 5.56 Å². The monoisotopic (exact) mass is 527 g/mol. The topological polar surface area (TPSA) is 94.1 Å². The molecule has 1 atom stereocenters. The molecule has 0 radical (unpaired) electrons. The largest absolute Gasteiger partial charge is 0.506 e. The zero-order valence-corrected chi connectivity index (χ0v) is 20.6. The fourth-order valence-corrected chi connectivity index (χ4v) is 4.08. The zero-order chi connectivity index (χ0) is 25.5. The standard InChI is InChI=1S/C27H23Cl2NO6/c28-21-7-2-1-5-17(21)6-3-4-13-30-26(31)18-8-10-19(11-9-18)35-25-16-24-20(15-22(25)29)23(12-14-34-24)36-27(32)33/h1-3,5-11,15-16,23H,4,12-14H2,(H,30,31)(H,32,33)/b6-3-. The van der Waals surface area contributed by atoms with Crippen LogP contribution in [0.2, 0.25) is 10.0 Å². The Labute approximate surface area is 218 Å². The Balaban J connectivity index is 1.32. The molecule has 0 spiro atoms. The molecule has 2 N–H and O–H groups in total. The minimum atomic E-state index is -1.36. The molecule has 0 saturated carbocycles. The molecule has 36 heavy (non-hydrogen) atoms. The minimum absolute atomic E-state index is 0.197. The molecule has 186 valence electrons. The van der Waals surface area contributed by atoms with Crippen molar-refractivity contribution in [1.29, 1.82) is 0 Å². The molecule has 0 bridgehead atoms. The van der Waals surface area contributed by atoms with Crippen LogP contribution in [0, 0.1) is 0 Å². The van der Waals surface area contributed by atoms with Gasteiger partial charge >= 0.3 is 6.16 Å². The van der Waals surface area contributed by atoms with Gasteiger partial charge in [0, 0.05) is 35.2 Å². The van der Waals surface area contributed by atoms with Crippen LogP contribution in [0.25, 0.3) is 6.08 Å². The van der Waals surface area contributed by atoms with Crippen LogP contribution >= 0.6 is 23.2 Å². The maximum atomic E-state index is 12.4. The molecular formula is C27H23Cl2NO6. The number of rotatable bonds is 8. The lowest BCUT2D eigenvalue weighted by Gasteiger charge is -2.25. The van der Waals surface area contributed by atoms with E-state index in [1.807, 2.05) is 36.4 Å². The maximum absolute atomic E-state index is 12.4. The Kier molecular flexibility index (Phi) is 8.36. The molecule has 7 nitrogen and oxygen atoms in total. The van der Waals surface area contributed by atoms with Crippen molar-refractivity contribution in [3.8, 4) is 17.2 Å². The van der Waals surface area contributed by atoms with Crippen LogP contribution in [-0.2, 0) is 4.74 Å². The molecule has 3 aromatic carbocycles. The highest BCUT2D eigenvalue weighted by atomic mass is 35.5. The predicted molar refractivity (Wildman–Crippen MR) is 137 cm³/mol. The van der Waals surface area contributed by atoms with Gasteiger partial charge in [0.1, 0.15) is 23.4 Å². The molecule has 1 heterocycles. The highest BCUT2D eigenvalue weighted by Crippen LogP contribution is 2.42. The van der Waals surface area contributed by atoms with Gasteiger partial charge in [0.15, 0.2) is 0 Å². The van der Waals surface area contributed by atoms with Gasteiger partial charge in [-0.1, -0.05) is 53.6 Å². The van der Waals surface area contributed by atoms with E-state index < -0.39 is 12.3 Å². The fraction of sp³-hybridized carbons (Fsp3) is 0.185. The number of carbonyl (C=O) groups excluding carboxylic acids is 1. The van der Waals surface area contributed by atoms with Gasteiger partial charge < -0.3 is 24.6 Å². The third kappa shape index (κ3) is 6.50. The van der Waals surface area contributed by atoms with Gasteiger partial charge in [-0.25, -0.2) is 4.79 Å².